The van der Waals surface area contributed by atoms with Gasteiger partial charge < -0.3 is 10.2 Å². The zero-order valence-corrected chi connectivity index (χ0v) is 14.2. The van der Waals surface area contributed by atoms with E-state index >= 15 is 0 Å². The summed E-state index contributed by atoms with van der Waals surface area (Å²) in [7, 11) is 0. The highest BCUT2D eigenvalue weighted by atomic mass is 15.2. The molecule has 2 heterocycles. The van der Waals surface area contributed by atoms with Crippen molar-refractivity contribution < 1.29 is 0 Å². The van der Waals surface area contributed by atoms with Gasteiger partial charge in [0.2, 0.25) is 0 Å². The van der Waals surface area contributed by atoms with Crippen LogP contribution in [0.2, 0.25) is 0 Å². The first-order valence-corrected chi connectivity index (χ1v) is 8.52. The molecule has 118 valence electrons. The number of rotatable bonds is 7. The highest BCUT2D eigenvalue weighted by Gasteiger charge is 2.22. The maximum atomic E-state index is 4.83. The quantitative estimate of drug-likeness (QED) is 0.828. The summed E-state index contributed by atoms with van der Waals surface area (Å²) < 4.78 is 0. The number of hydrogen-bond donors (Lipinski definition) is 1. The Bertz CT molecular complexity index is 442. The summed E-state index contributed by atoms with van der Waals surface area (Å²) in [4.78, 5) is 7.29. The van der Waals surface area contributed by atoms with Crippen LogP contribution in [0.5, 0.6) is 0 Å². The summed E-state index contributed by atoms with van der Waals surface area (Å²) in [6, 6.07) is 4.45. The van der Waals surface area contributed by atoms with E-state index in [4.69, 9.17) is 4.98 Å². The van der Waals surface area contributed by atoms with Crippen molar-refractivity contribution in [2.24, 2.45) is 11.8 Å². The molecule has 0 radical (unpaired) electrons. The molecular weight excluding hydrogens is 258 g/mol. The van der Waals surface area contributed by atoms with Crippen LogP contribution in [-0.2, 0) is 6.54 Å². The van der Waals surface area contributed by atoms with E-state index < -0.39 is 0 Å². The molecule has 1 unspecified atom stereocenters. The van der Waals surface area contributed by atoms with Crippen LogP contribution in [-0.4, -0.2) is 24.6 Å². The molecular formula is C18H31N3. The SMILES string of the molecule is CCCC1CCN(c2ccc(CNCC(C)C)c(C)n2)C1. The molecule has 1 aromatic rings. The lowest BCUT2D eigenvalue weighted by Gasteiger charge is -2.19. The van der Waals surface area contributed by atoms with Crippen molar-refractivity contribution in [3.05, 3.63) is 23.4 Å². The molecule has 1 aliphatic heterocycles. The van der Waals surface area contributed by atoms with Crippen molar-refractivity contribution in [2.45, 2.75) is 53.5 Å². The molecule has 21 heavy (non-hydrogen) atoms. The number of aromatic nitrogens is 1. The minimum atomic E-state index is 0.692. The van der Waals surface area contributed by atoms with E-state index in [1.54, 1.807) is 0 Å². The Morgan fingerprint density at radius 3 is 2.86 bits per heavy atom. The van der Waals surface area contributed by atoms with E-state index in [-0.39, 0.29) is 0 Å². The van der Waals surface area contributed by atoms with Gasteiger partial charge in [-0.05, 0) is 49.8 Å². The lowest BCUT2D eigenvalue weighted by molar-refractivity contribution is 0.529. The molecule has 1 aliphatic rings. The summed E-state index contributed by atoms with van der Waals surface area (Å²) >= 11 is 0. The molecule has 0 spiro atoms. The predicted octanol–water partition coefficient (Wildman–Crippen LogP) is 3.76. The minimum absolute atomic E-state index is 0.692. The van der Waals surface area contributed by atoms with Crippen molar-refractivity contribution in [3.63, 3.8) is 0 Å². The van der Waals surface area contributed by atoms with Crippen molar-refractivity contribution in [2.75, 3.05) is 24.5 Å². The van der Waals surface area contributed by atoms with Gasteiger partial charge in [0.1, 0.15) is 5.82 Å². The number of aryl methyl sites for hydroxylation is 1. The minimum Gasteiger partial charge on any atom is -0.356 e. The van der Waals surface area contributed by atoms with E-state index in [0.29, 0.717) is 5.92 Å². The van der Waals surface area contributed by atoms with Gasteiger partial charge in [0.15, 0.2) is 0 Å². The Hall–Kier alpha value is -1.09. The van der Waals surface area contributed by atoms with E-state index in [1.807, 2.05) is 0 Å². The first-order chi connectivity index (χ1) is 10.1. The summed E-state index contributed by atoms with van der Waals surface area (Å²) in [6.45, 7) is 13.2. The molecule has 1 saturated heterocycles. The van der Waals surface area contributed by atoms with Crippen LogP contribution < -0.4 is 10.2 Å². The maximum absolute atomic E-state index is 4.83. The summed E-state index contributed by atoms with van der Waals surface area (Å²) in [6.07, 6.45) is 3.98. The molecule has 0 aromatic carbocycles. The van der Waals surface area contributed by atoms with Crippen LogP contribution >= 0.6 is 0 Å². The predicted molar refractivity (Wildman–Crippen MR) is 90.7 cm³/mol. The molecule has 1 fully saturated rings. The van der Waals surface area contributed by atoms with E-state index in [9.17, 15) is 0 Å². The fourth-order valence-corrected chi connectivity index (χ4v) is 3.12. The lowest BCUT2D eigenvalue weighted by Crippen LogP contribution is -2.22. The number of pyridine rings is 1. The molecule has 0 aliphatic carbocycles. The third-order valence-corrected chi connectivity index (χ3v) is 4.36. The van der Waals surface area contributed by atoms with E-state index in [2.05, 4.69) is 50.0 Å². The maximum Gasteiger partial charge on any atom is 0.128 e. The zero-order valence-electron chi connectivity index (χ0n) is 14.2. The Balaban J connectivity index is 1.93. The molecule has 0 amide bonds. The summed E-state index contributed by atoms with van der Waals surface area (Å²) in [5.41, 5.74) is 2.49. The molecule has 0 saturated carbocycles. The Morgan fingerprint density at radius 2 is 2.19 bits per heavy atom. The smallest absolute Gasteiger partial charge is 0.128 e. The second-order valence-corrected chi connectivity index (χ2v) is 6.83. The van der Waals surface area contributed by atoms with Gasteiger partial charge in [-0.2, -0.15) is 0 Å². The van der Waals surface area contributed by atoms with Gasteiger partial charge in [-0.1, -0.05) is 33.3 Å². The van der Waals surface area contributed by atoms with E-state index in [0.717, 1.165) is 19.0 Å². The van der Waals surface area contributed by atoms with Crippen LogP contribution in [0.15, 0.2) is 12.1 Å². The fourth-order valence-electron chi connectivity index (χ4n) is 3.12. The number of hydrogen-bond acceptors (Lipinski definition) is 3. The lowest BCUT2D eigenvalue weighted by atomic mass is 10.0. The van der Waals surface area contributed by atoms with E-state index in [1.165, 1.54) is 49.4 Å². The van der Waals surface area contributed by atoms with Gasteiger partial charge in [-0.3, -0.25) is 0 Å². The molecule has 0 bridgehead atoms. The average molecular weight is 289 g/mol. The molecule has 3 nitrogen and oxygen atoms in total. The third-order valence-electron chi connectivity index (χ3n) is 4.36. The van der Waals surface area contributed by atoms with Gasteiger partial charge in [-0.25, -0.2) is 4.98 Å². The second kappa shape index (κ2) is 7.79. The van der Waals surface area contributed by atoms with Crippen molar-refractivity contribution in [1.29, 1.82) is 0 Å². The van der Waals surface area contributed by atoms with Crippen LogP contribution in [0.25, 0.3) is 0 Å². The Kier molecular flexibility index (Phi) is 6.04. The van der Waals surface area contributed by atoms with Crippen molar-refractivity contribution >= 4 is 5.82 Å². The number of nitrogens with one attached hydrogen (secondary N) is 1. The topological polar surface area (TPSA) is 28.2 Å². The molecule has 1 N–H and O–H groups in total. The largest absolute Gasteiger partial charge is 0.356 e. The molecule has 1 aromatic heterocycles. The average Bonchev–Trinajstić information content (AvgIpc) is 2.89. The van der Waals surface area contributed by atoms with Gasteiger partial charge in [0.25, 0.3) is 0 Å². The highest BCUT2D eigenvalue weighted by Crippen LogP contribution is 2.25. The first kappa shape index (κ1) is 16.3. The van der Waals surface area contributed by atoms with Crippen molar-refractivity contribution in [1.82, 2.24) is 10.3 Å². The summed E-state index contributed by atoms with van der Waals surface area (Å²) in [5, 5.41) is 3.50. The van der Waals surface area contributed by atoms with Gasteiger partial charge in [0, 0.05) is 25.3 Å². The van der Waals surface area contributed by atoms with Crippen molar-refractivity contribution in [3.8, 4) is 0 Å². The summed E-state index contributed by atoms with van der Waals surface area (Å²) in [5.74, 6) is 2.72. The zero-order chi connectivity index (χ0) is 15.2. The Morgan fingerprint density at radius 1 is 1.38 bits per heavy atom. The van der Waals surface area contributed by atoms with Gasteiger partial charge in [0.05, 0.1) is 0 Å². The highest BCUT2D eigenvalue weighted by molar-refractivity contribution is 5.42. The first-order valence-electron chi connectivity index (χ1n) is 8.52. The normalized spacial score (nSPS) is 18.7. The molecule has 2 rings (SSSR count). The monoisotopic (exact) mass is 289 g/mol. The van der Waals surface area contributed by atoms with Crippen LogP contribution in [0, 0.1) is 18.8 Å². The third kappa shape index (κ3) is 4.70. The number of nitrogens with zero attached hydrogens (tertiary/aromatic N) is 2. The standard InChI is InChI=1S/C18H31N3/c1-5-6-16-9-10-21(13-16)18-8-7-17(15(4)20-18)12-19-11-14(2)3/h7-8,14,16,19H,5-6,9-13H2,1-4H3. The van der Waals surface area contributed by atoms with Gasteiger partial charge >= 0.3 is 0 Å². The Labute approximate surface area is 130 Å². The van der Waals surface area contributed by atoms with Crippen LogP contribution in [0.1, 0.15) is 51.3 Å². The molecule has 1 atom stereocenters. The van der Waals surface area contributed by atoms with Crippen LogP contribution in [0.3, 0.4) is 0 Å². The van der Waals surface area contributed by atoms with Crippen LogP contribution in [0.4, 0.5) is 5.82 Å². The number of anilines is 1. The van der Waals surface area contributed by atoms with Gasteiger partial charge in [-0.15, -0.1) is 0 Å². The fraction of sp³-hybridized carbons (Fsp3) is 0.722. The second-order valence-electron chi connectivity index (χ2n) is 6.83. The molecule has 3 heteroatoms.